The molecule has 2 aliphatic heterocycles. The summed E-state index contributed by atoms with van der Waals surface area (Å²) in [6, 6.07) is 2.28. The number of hydrogen-bond donors (Lipinski definition) is 0. The van der Waals surface area contributed by atoms with E-state index >= 15 is 0 Å². The molecule has 1 amide bonds. The van der Waals surface area contributed by atoms with Crippen LogP contribution in [0, 0.1) is 17.5 Å². The van der Waals surface area contributed by atoms with Gasteiger partial charge in [0.25, 0.3) is 6.43 Å². The van der Waals surface area contributed by atoms with Crippen LogP contribution in [-0.2, 0) is 11.3 Å². The fraction of sp³-hybridized carbons (Fsp3) is 0.320. The summed E-state index contributed by atoms with van der Waals surface area (Å²) in [5.41, 5.74) is -0.617. The molecule has 13 heteroatoms. The highest BCUT2D eigenvalue weighted by atomic mass is 35.5. The van der Waals surface area contributed by atoms with Gasteiger partial charge >= 0.3 is 5.69 Å². The molecule has 0 bridgehead atoms. The van der Waals surface area contributed by atoms with Crippen LogP contribution >= 0.6 is 23.4 Å². The molecule has 38 heavy (non-hydrogen) atoms. The minimum Gasteiger partial charge on any atom is -0.350 e. The number of carbonyl (C=O) groups excluding carboxylic acids is 1. The summed E-state index contributed by atoms with van der Waals surface area (Å²) < 4.78 is 69.5. The first-order valence-corrected chi connectivity index (χ1v) is 13.0. The maximum Gasteiger partial charge on any atom is 0.350 e. The molecule has 3 heterocycles. The molecule has 5 rings (SSSR count). The topological polar surface area (TPSA) is 58.4 Å². The average Bonchev–Trinajstić information content (AvgIpc) is 2.85. The number of rotatable bonds is 4. The van der Waals surface area contributed by atoms with E-state index in [9.17, 15) is 31.5 Å². The Bertz CT molecular complexity index is 1520. The number of alkyl halides is 2. The number of aryl methyl sites for hydroxylation is 1. The number of benzene rings is 2. The smallest absolute Gasteiger partial charge is 0.350 e. The van der Waals surface area contributed by atoms with Crippen LogP contribution in [0.25, 0.3) is 22.0 Å². The van der Waals surface area contributed by atoms with Gasteiger partial charge in [-0.05, 0) is 19.1 Å². The lowest BCUT2D eigenvalue weighted by Crippen LogP contribution is -2.54. The number of aromatic nitrogens is 2. The predicted molar refractivity (Wildman–Crippen MR) is 136 cm³/mol. The third kappa shape index (κ3) is 4.64. The van der Waals surface area contributed by atoms with Crippen LogP contribution in [0.5, 0.6) is 0 Å². The maximum atomic E-state index is 14.8. The van der Waals surface area contributed by atoms with Crippen molar-refractivity contribution in [3.8, 4) is 11.1 Å². The Morgan fingerprint density at radius 2 is 1.84 bits per heavy atom. The first-order valence-electron chi connectivity index (χ1n) is 11.6. The van der Waals surface area contributed by atoms with E-state index in [1.807, 2.05) is 4.90 Å². The van der Waals surface area contributed by atoms with Crippen molar-refractivity contribution in [2.45, 2.75) is 30.8 Å². The van der Waals surface area contributed by atoms with Crippen molar-refractivity contribution in [3.63, 3.8) is 0 Å². The summed E-state index contributed by atoms with van der Waals surface area (Å²) >= 11 is 7.87. The number of carbonyl (C=O) groups is 1. The van der Waals surface area contributed by atoms with E-state index in [1.54, 1.807) is 6.92 Å². The molecule has 1 aromatic heterocycles. The fourth-order valence-electron chi connectivity index (χ4n) is 4.91. The lowest BCUT2D eigenvalue weighted by atomic mass is 10.0. The summed E-state index contributed by atoms with van der Waals surface area (Å²) in [6.07, 6.45) is -1.37. The van der Waals surface area contributed by atoms with Crippen molar-refractivity contribution < 1.29 is 26.7 Å². The van der Waals surface area contributed by atoms with E-state index in [0.717, 1.165) is 6.08 Å². The summed E-state index contributed by atoms with van der Waals surface area (Å²) in [7, 11) is 0. The Balaban J connectivity index is 1.63. The number of hydrogen-bond acceptors (Lipinski definition) is 5. The Kier molecular flexibility index (Phi) is 7.12. The van der Waals surface area contributed by atoms with Gasteiger partial charge in [-0.1, -0.05) is 11.6 Å². The third-order valence-corrected chi connectivity index (χ3v) is 7.94. The van der Waals surface area contributed by atoms with Crippen molar-refractivity contribution in [1.29, 1.82) is 0 Å². The summed E-state index contributed by atoms with van der Waals surface area (Å²) in [5, 5.41) is 0.478. The predicted octanol–water partition coefficient (Wildman–Crippen LogP) is 5.10. The Hall–Kier alpha value is -3.12. The Labute approximate surface area is 222 Å². The summed E-state index contributed by atoms with van der Waals surface area (Å²) in [4.78, 5) is 33.3. The first kappa shape index (κ1) is 26.5. The largest absolute Gasteiger partial charge is 0.350 e. The van der Waals surface area contributed by atoms with Gasteiger partial charge < -0.3 is 9.80 Å². The number of amides is 1. The second-order valence-corrected chi connectivity index (χ2v) is 10.5. The molecular formula is C25H20ClF5N4O2S. The van der Waals surface area contributed by atoms with Crippen LogP contribution < -0.4 is 10.6 Å². The minimum absolute atomic E-state index is 0.00170. The molecule has 0 aliphatic carbocycles. The highest BCUT2D eigenvalue weighted by Crippen LogP contribution is 2.47. The molecule has 0 radical (unpaired) electrons. The molecule has 1 fully saturated rings. The summed E-state index contributed by atoms with van der Waals surface area (Å²) in [6.45, 7) is 2.75. The molecule has 0 saturated carbocycles. The monoisotopic (exact) mass is 570 g/mol. The van der Waals surface area contributed by atoms with Crippen molar-refractivity contribution in [3.05, 3.63) is 63.3 Å². The lowest BCUT2D eigenvalue weighted by molar-refractivity contribution is -0.126. The van der Waals surface area contributed by atoms with Crippen LogP contribution in [0.3, 0.4) is 0 Å². The van der Waals surface area contributed by atoms with Crippen LogP contribution in [0.4, 0.5) is 27.8 Å². The van der Waals surface area contributed by atoms with Crippen molar-refractivity contribution in [2.24, 2.45) is 0 Å². The van der Waals surface area contributed by atoms with Gasteiger partial charge in [-0.2, -0.15) is 4.98 Å². The number of allylic oxidation sites excluding steroid dienone is 1. The van der Waals surface area contributed by atoms with Crippen LogP contribution in [0.15, 0.2) is 40.0 Å². The molecule has 1 atom stereocenters. The molecule has 200 valence electrons. The fourth-order valence-corrected chi connectivity index (χ4v) is 6.46. The summed E-state index contributed by atoms with van der Waals surface area (Å²) in [5.74, 6) is -3.14. The molecule has 1 saturated heterocycles. The van der Waals surface area contributed by atoms with Crippen LogP contribution in [0.1, 0.15) is 6.92 Å². The van der Waals surface area contributed by atoms with Crippen LogP contribution in [0.2, 0.25) is 5.02 Å². The van der Waals surface area contributed by atoms with Gasteiger partial charge in [0.15, 0.2) is 0 Å². The third-order valence-electron chi connectivity index (χ3n) is 6.56. The quantitative estimate of drug-likeness (QED) is 0.323. The van der Waals surface area contributed by atoms with E-state index in [4.69, 9.17) is 11.6 Å². The lowest BCUT2D eigenvalue weighted by Gasteiger charge is -2.41. The van der Waals surface area contributed by atoms with Crippen molar-refractivity contribution in [1.82, 2.24) is 14.5 Å². The van der Waals surface area contributed by atoms with Gasteiger partial charge in [0.05, 0.1) is 16.1 Å². The van der Waals surface area contributed by atoms with E-state index < -0.39 is 41.0 Å². The van der Waals surface area contributed by atoms with E-state index in [2.05, 4.69) is 4.98 Å². The second kappa shape index (κ2) is 10.2. The molecule has 2 aromatic carbocycles. The standard InChI is InChI=1S/C25H20ClF5N4O2S/c1-12-11-33(19(36)3-2-18(30)31)4-5-34(12)24-14-10-15(26)20(21-16(28)8-13(27)9-17(21)29)23-22(14)35(6-7-38-23)25(37)32-24/h2-3,8-10,12,18H,4-7,11H2,1H3/b3-2+/t12-/m0/s1. The molecule has 2 aliphatic rings. The molecule has 0 unspecified atom stereocenters. The molecule has 6 nitrogen and oxygen atoms in total. The Morgan fingerprint density at radius 3 is 2.50 bits per heavy atom. The molecule has 3 aromatic rings. The number of thioether (sulfide) groups is 1. The highest BCUT2D eigenvalue weighted by Gasteiger charge is 2.32. The molecule has 0 spiro atoms. The molecular weight excluding hydrogens is 551 g/mol. The zero-order valence-electron chi connectivity index (χ0n) is 19.9. The zero-order valence-corrected chi connectivity index (χ0v) is 21.4. The van der Waals surface area contributed by atoms with Gasteiger partial charge in [-0.3, -0.25) is 9.36 Å². The number of halogens is 6. The van der Waals surface area contributed by atoms with Gasteiger partial charge in [0, 0.05) is 72.0 Å². The number of nitrogens with zero attached hydrogens (tertiary/aromatic N) is 4. The zero-order chi connectivity index (χ0) is 27.3. The van der Waals surface area contributed by atoms with Gasteiger partial charge in [-0.15, -0.1) is 11.8 Å². The number of anilines is 1. The van der Waals surface area contributed by atoms with Gasteiger partial charge in [0.1, 0.15) is 23.3 Å². The maximum absolute atomic E-state index is 14.8. The van der Waals surface area contributed by atoms with E-state index in [1.165, 1.54) is 27.3 Å². The minimum atomic E-state index is -2.74. The first-order chi connectivity index (χ1) is 18.1. The molecule has 0 N–H and O–H groups in total. The van der Waals surface area contributed by atoms with Gasteiger partial charge in [-0.25, -0.2) is 26.7 Å². The number of piperazine rings is 1. The normalized spacial score (nSPS) is 17.7. The van der Waals surface area contributed by atoms with Gasteiger partial charge in [0.2, 0.25) is 5.91 Å². The van der Waals surface area contributed by atoms with Crippen molar-refractivity contribution >= 4 is 46.0 Å². The Morgan fingerprint density at radius 1 is 1.13 bits per heavy atom. The second-order valence-electron chi connectivity index (χ2n) is 8.94. The van der Waals surface area contributed by atoms with E-state index in [0.29, 0.717) is 52.1 Å². The van der Waals surface area contributed by atoms with E-state index in [-0.39, 0.29) is 36.3 Å². The average molecular weight is 571 g/mol. The highest BCUT2D eigenvalue weighted by molar-refractivity contribution is 7.99. The van der Waals surface area contributed by atoms with Crippen molar-refractivity contribution in [2.75, 3.05) is 30.3 Å². The van der Waals surface area contributed by atoms with Crippen LogP contribution in [-0.4, -0.2) is 58.2 Å². The SMILES string of the molecule is C[C@H]1CN(C(=O)/C=C/C(F)F)CCN1c1nc(=O)n2c3c(c(-c4c(F)cc(F)cc4F)c(Cl)cc13)SCC2.